The standard InChI is InChI=1S/C19H21NO5/c1-4-13-6-7-14(5-2)16(10-13)18(21)12-25-19-9-8-15(24-3)11-17(19)20(22)23/h6-11H,4-5,12H2,1-3H3. The van der Waals surface area contributed by atoms with Crippen LogP contribution < -0.4 is 9.47 Å². The summed E-state index contributed by atoms with van der Waals surface area (Å²) in [7, 11) is 1.43. The maximum Gasteiger partial charge on any atom is 0.314 e. The maximum atomic E-state index is 12.6. The Kier molecular flexibility index (Phi) is 6.11. The molecule has 0 atom stereocenters. The number of carbonyl (C=O) groups excluding carboxylic acids is 1. The van der Waals surface area contributed by atoms with Gasteiger partial charge in [0.25, 0.3) is 0 Å². The van der Waals surface area contributed by atoms with Crippen molar-refractivity contribution in [3.63, 3.8) is 0 Å². The molecule has 0 heterocycles. The number of hydrogen-bond acceptors (Lipinski definition) is 5. The molecular weight excluding hydrogens is 322 g/mol. The number of nitro benzene ring substituents is 1. The van der Waals surface area contributed by atoms with Gasteiger partial charge in [-0.25, -0.2) is 0 Å². The fourth-order valence-electron chi connectivity index (χ4n) is 2.52. The molecule has 0 radical (unpaired) electrons. The van der Waals surface area contributed by atoms with E-state index in [0.717, 1.165) is 24.0 Å². The summed E-state index contributed by atoms with van der Waals surface area (Å²) in [4.78, 5) is 23.2. The first kappa shape index (κ1) is 18.4. The number of methoxy groups -OCH3 is 1. The zero-order valence-electron chi connectivity index (χ0n) is 14.6. The van der Waals surface area contributed by atoms with Crippen LogP contribution in [-0.2, 0) is 12.8 Å². The summed E-state index contributed by atoms with van der Waals surface area (Å²) in [6.07, 6.45) is 1.56. The highest BCUT2D eigenvalue weighted by atomic mass is 16.6. The fourth-order valence-corrected chi connectivity index (χ4v) is 2.52. The molecule has 0 bridgehead atoms. The van der Waals surface area contributed by atoms with E-state index in [1.165, 1.54) is 19.2 Å². The second-order valence-corrected chi connectivity index (χ2v) is 5.50. The highest BCUT2D eigenvalue weighted by molar-refractivity contribution is 5.98. The van der Waals surface area contributed by atoms with Gasteiger partial charge in [0.05, 0.1) is 18.1 Å². The second-order valence-electron chi connectivity index (χ2n) is 5.50. The van der Waals surface area contributed by atoms with E-state index < -0.39 is 4.92 Å². The molecule has 0 aliphatic carbocycles. The van der Waals surface area contributed by atoms with Gasteiger partial charge < -0.3 is 9.47 Å². The lowest BCUT2D eigenvalue weighted by Crippen LogP contribution is -2.14. The van der Waals surface area contributed by atoms with Gasteiger partial charge in [-0.2, -0.15) is 0 Å². The van der Waals surface area contributed by atoms with Crippen LogP contribution in [0.25, 0.3) is 0 Å². The molecule has 0 aromatic heterocycles. The van der Waals surface area contributed by atoms with Crippen molar-refractivity contribution in [3.8, 4) is 11.5 Å². The van der Waals surface area contributed by atoms with Crippen LogP contribution in [0.2, 0.25) is 0 Å². The van der Waals surface area contributed by atoms with E-state index in [-0.39, 0.29) is 23.8 Å². The summed E-state index contributed by atoms with van der Waals surface area (Å²) in [5.74, 6) is 0.204. The summed E-state index contributed by atoms with van der Waals surface area (Å²) in [6, 6.07) is 10.1. The summed E-state index contributed by atoms with van der Waals surface area (Å²) < 4.78 is 10.4. The smallest absolute Gasteiger partial charge is 0.314 e. The molecule has 2 aromatic carbocycles. The Labute approximate surface area is 146 Å². The van der Waals surface area contributed by atoms with Gasteiger partial charge in [-0.3, -0.25) is 14.9 Å². The van der Waals surface area contributed by atoms with Crippen molar-refractivity contribution in [2.45, 2.75) is 26.7 Å². The van der Waals surface area contributed by atoms with Gasteiger partial charge in [0.2, 0.25) is 0 Å². The predicted molar refractivity (Wildman–Crippen MR) is 94.7 cm³/mol. The van der Waals surface area contributed by atoms with E-state index >= 15 is 0 Å². The van der Waals surface area contributed by atoms with Crippen LogP contribution in [0.1, 0.15) is 35.3 Å². The quantitative estimate of drug-likeness (QED) is 0.411. The molecule has 0 saturated heterocycles. The third-order valence-corrected chi connectivity index (χ3v) is 3.99. The first-order chi connectivity index (χ1) is 12.0. The number of aryl methyl sites for hydroxylation is 2. The van der Waals surface area contributed by atoms with Crippen molar-refractivity contribution in [1.82, 2.24) is 0 Å². The van der Waals surface area contributed by atoms with Crippen LogP contribution in [0.15, 0.2) is 36.4 Å². The fraction of sp³-hybridized carbons (Fsp3) is 0.316. The van der Waals surface area contributed by atoms with Gasteiger partial charge >= 0.3 is 5.69 Å². The van der Waals surface area contributed by atoms with Gasteiger partial charge in [0, 0.05) is 5.56 Å². The molecule has 0 fully saturated rings. The number of ether oxygens (including phenoxy) is 2. The molecule has 25 heavy (non-hydrogen) atoms. The predicted octanol–water partition coefficient (Wildman–Crippen LogP) is 3.99. The Hall–Kier alpha value is -2.89. The normalized spacial score (nSPS) is 10.4. The minimum Gasteiger partial charge on any atom is -0.496 e. The Morgan fingerprint density at radius 2 is 1.88 bits per heavy atom. The van der Waals surface area contributed by atoms with E-state index in [1.54, 1.807) is 6.07 Å². The minimum atomic E-state index is -0.558. The molecule has 6 nitrogen and oxygen atoms in total. The monoisotopic (exact) mass is 343 g/mol. The van der Waals surface area contributed by atoms with Crippen molar-refractivity contribution < 1.29 is 19.2 Å². The molecule has 0 aliphatic heterocycles. The molecule has 132 valence electrons. The van der Waals surface area contributed by atoms with Gasteiger partial charge in [0.15, 0.2) is 18.1 Å². The lowest BCUT2D eigenvalue weighted by atomic mass is 9.98. The highest BCUT2D eigenvalue weighted by Gasteiger charge is 2.19. The largest absolute Gasteiger partial charge is 0.496 e. The van der Waals surface area contributed by atoms with E-state index in [2.05, 4.69) is 0 Å². The number of Topliss-reactive ketones (excluding diaryl/α,β-unsaturated/α-hetero) is 1. The third-order valence-electron chi connectivity index (χ3n) is 3.99. The second kappa shape index (κ2) is 8.28. The Balaban J connectivity index is 2.22. The summed E-state index contributed by atoms with van der Waals surface area (Å²) in [5.41, 5.74) is 2.38. The van der Waals surface area contributed by atoms with Gasteiger partial charge in [0.1, 0.15) is 5.75 Å². The average Bonchev–Trinajstić information content (AvgIpc) is 2.65. The highest BCUT2D eigenvalue weighted by Crippen LogP contribution is 2.31. The minimum absolute atomic E-state index is 0.0452. The number of ketones is 1. The van der Waals surface area contributed by atoms with Gasteiger partial charge in [-0.05, 0) is 42.2 Å². The van der Waals surface area contributed by atoms with Crippen LogP contribution in [0, 0.1) is 10.1 Å². The number of rotatable bonds is 8. The van der Waals surface area contributed by atoms with E-state index in [1.807, 2.05) is 32.0 Å². The summed E-state index contributed by atoms with van der Waals surface area (Å²) in [6.45, 7) is 3.74. The number of nitrogens with zero attached hydrogens (tertiary/aromatic N) is 1. The van der Waals surface area contributed by atoms with E-state index in [9.17, 15) is 14.9 Å². The summed E-state index contributed by atoms with van der Waals surface area (Å²) >= 11 is 0. The SMILES string of the molecule is CCc1ccc(CC)c(C(=O)COc2ccc(OC)cc2[N+](=O)[O-])c1. The summed E-state index contributed by atoms with van der Waals surface area (Å²) in [5, 5.41) is 11.2. The number of hydrogen-bond donors (Lipinski definition) is 0. The zero-order valence-corrected chi connectivity index (χ0v) is 14.6. The lowest BCUT2D eigenvalue weighted by molar-refractivity contribution is -0.385. The topological polar surface area (TPSA) is 78.7 Å². The maximum absolute atomic E-state index is 12.6. The lowest BCUT2D eigenvalue weighted by Gasteiger charge is -2.11. The van der Waals surface area contributed by atoms with Crippen molar-refractivity contribution in [2.75, 3.05) is 13.7 Å². The number of carbonyl (C=O) groups is 1. The molecule has 0 amide bonds. The molecule has 0 spiro atoms. The Morgan fingerprint density at radius 1 is 1.12 bits per heavy atom. The molecule has 0 N–H and O–H groups in total. The average molecular weight is 343 g/mol. The molecule has 0 aliphatic rings. The van der Waals surface area contributed by atoms with Crippen LogP contribution in [0.4, 0.5) is 5.69 Å². The zero-order chi connectivity index (χ0) is 18.4. The third kappa shape index (κ3) is 4.35. The molecular formula is C19H21NO5. The molecule has 2 aromatic rings. The van der Waals surface area contributed by atoms with Crippen molar-refractivity contribution in [3.05, 3.63) is 63.2 Å². The van der Waals surface area contributed by atoms with Gasteiger partial charge in [-0.15, -0.1) is 0 Å². The van der Waals surface area contributed by atoms with Crippen molar-refractivity contribution >= 4 is 11.5 Å². The first-order valence-electron chi connectivity index (χ1n) is 8.10. The first-order valence-corrected chi connectivity index (χ1v) is 8.10. The Bertz CT molecular complexity index is 785. The molecule has 6 heteroatoms. The van der Waals surface area contributed by atoms with Crippen LogP contribution in [0.3, 0.4) is 0 Å². The van der Waals surface area contributed by atoms with E-state index in [0.29, 0.717) is 11.3 Å². The molecule has 0 saturated carbocycles. The molecule has 0 unspecified atom stereocenters. The van der Waals surface area contributed by atoms with Crippen molar-refractivity contribution in [1.29, 1.82) is 0 Å². The van der Waals surface area contributed by atoms with Crippen LogP contribution in [0.5, 0.6) is 11.5 Å². The van der Waals surface area contributed by atoms with Crippen LogP contribution >= 0.6 is 0 Å². The Morgan fingerprint density at radius 3 is 2.48 bits per heavy atom. The number of nitro groups is 1. The van der Waals surface area contributed by atoms with Gasteiger partial charge in [-0.1, -0.05) is 26.0 Å². The van der Waals surface area contributed by atoms with E-state index in [4.69, 9.17) is 9.47 Å². The van der Waals surface area contributed by atoms with Crippen LogP contribution in [-0.4, -0.2) is 24.4 Å². The van der Waals surface area contributed by atoms with Crippen molar-refractivity contribution in [2.24, 2.45) is 0 Å². The number of benzene rings is 2. The molecule has 2 rings (SSSR count).